The molecule has 0 aliphatic rings. The number of thiocarbonyl (C=S) groups is 1. The Hall–Kier alpha value is 0.230. The molecule has 0 fully saturated rings. The van der Waals surface area contributed by atoms with Crippen molar-refractivity contribution in [2.45, 2.75) is 19.5 Å². The minimum Gasteiger partial charge on any atom is -0.170 e. The van der Waals surface area contributed by atoms with Gasteiger partial charge in [-0.3, -0.25) is 0 Å². The van der Waals surface area contributed by atoms with Crippen LogP contribution in [0.4, 0.5) is 13.2 Å². The molecule has 60 valence electrons. The highest BCUT2D eigenvalue weighted by atomic mass is 32.1. The molecule has 0 aromatic rings. The maximum absolute atomic E-state index is 11.8. The molecule has 5 heteroatoms. The van der Waals surface area contributed by atoms with Crippen molar-refractivity contribution in [1.29, 1.82) is 0 Å². The van der Waals surface area contributed by atoms with Crippen molar-refractivity contribution in [3.63, 3.8) is 0 Å². The van der Waals surface area contributed by atoms with Crippen molar-refractivity contribution in [3.8, 4) is 0 Å². The molecule has 0 saturated heterocycles. The van der Waals surface area contributed by atoms with E-state index in [4.69, 9.17) is 0 Å². The van der Waals surface area contributed by atoms with E-state index in [0.717, 1.165) is 0 Å². The molecule has 0 aromatic heterocycles. The fourth-order valence-electron chi connectivity index (χ4n) is 0.546. The Labute approximate surface area is 68.2 Å². The van der Waals surface area contributed by atoms with E-state index in [1.54, 1.807) is 0 Å². The van der Waals surface area contributed by atoms with Gasteiger partial charge in [-0.2, -0.15) is 13.2 Å². The summed E-state index contributed by atoms with van der Waals surface area (Å²) >= 11 is 7.79. The summed E-state index contributed by atoms with van der Waals surface area (Å²) in [4.78, 5) is 0. The fourth-order valence-corrected chi connectivity index (χ4v) is 1.18. The number of alkyl halides is 3. The highest BCUT2D eigenvalue weighted by molar-refractivity contribution is 8.11. The van der Waals surface area contributed by atoms with Gasteiger partial charge in [-0.1, -0.05) is 19.1 Å². The van der Waals surface area contributed by atoms with Crippen LogP contribution in [0.25, 0.3) is 0 Å². The lowest BCUT2D eigenvalue weighted by Gasteiger charge is -2.15. The summed E-state index contributed by atoms with van der Waals surface area (Å²) in [5.41, 5.74) is 0. The molecule has 0 amide bonds. The first-order valence-corrected chi connectivity index (χ1v) is 3.54. The molecule has 1 atom stereocenters. The normalized spacial score (nSPS) is 14.9. The van der Waals surface area contributed by atoms with Crippen LogP contribution in [0.2, 0.25) is 0 Å². The molecule has 0 N–H and O–H groups in total. The van der Waals surface area contributed by atoms with E-state index in [1.165, 1.54) is 6.92 Å². The molecular formula is C5H7F3S2. The van der Waals surface area contributed by atoms with Crippen LogP contribution in [0, 0.1) is 5.92 Å². The monoisotopic (exact) mass is 188 g/mol. The smallest absolute Gasteiger partial charge is 0.170 e. The number of halogens is 3. The summed E-state index contributed by atoms with van der Waals surface area (Å²) in [6.07, 6.45) is -4.26. The first-order valence-electron chi connectivity index (χ1n) is 2.69. The third-order valence-electron chi connectivity index (χ3n) is 1.10. The van der Waals surface area contributed by atoms with E-state index in [9.17, 15) is 13.2 Å². The van der Waals surface area contributed by atoms with Gasteiger partial charge in [0.2, 0.25) is 0 Å². The summed E-state index contributed by atoms with van der Waals surface area (Å²) in [6, 6.07) is 0. The average molecular weight is 188 g/mol. The van der Waals surface area contributed by atoms with Gasteiger partial charge in [0.05, 0.1) is 10.1 Å². The van der Waals surface area contributed by atoms with Crippen molar-refractivity contribution in [2.75, 3.05) is 0 Å². The predicted octanol–water partition coefficient (Wildman–Crippen LogP) is 2.83. The van der Waals surface area contributed by atoms with Gasteiger partial charge in [0, 0.05) is 0 Å². The van der Waals surface area contributed by atoms with Crippen LogP contribution < -0.4 is 0 Å². The van der Waals surface area contributed by atoms with Gasteiger partial charge in [-0.15, -0.1) is 12.6 Å². The third kappa shape index (κ3) is 2.88. The molecule has 0 rings (SSSR count). The Balaban J connectivity index is 4.22. The quantitative estimate of drug-likeness (QED) is 0.513. The Bertz CT molecular complexity index is 129. The standard InChI is InChI=1S/C5H7F3S2/c1-2-3(4(9)10)5(6,7)8/h3H,2H2,1H3,(H,9,10). The Kier molecular flexibility index (Phi) is 3.65. The van der Waals surface area contributed by atoms with Crippen LogP contribution >= 0.6 is 24.8 Å². The molecule has 0 bridgehead atoms. The highest BCUT2D eigenvalue weighted by Gasteiger charge is 2.39. The van der Waals surface area contributed by atoms with Gasteiger partial charge in [-0.25, -0.2) is 0 Å². The van der Waals surface area contributed by atoms with Crippen molar-refractivity contribution in [2.24, 2.45) is 5.92 Å². The third-order valence-corrected chi connectivity index (χ3v) is 1.70. The van der Waals surface area contributed by atoms with Gasteiger partial charge in [0.25, 0.3) is 0 Å². The van der Waals surface area contributed by atoms with Gasteiger partial charge < -0.3 is 0 Å². The predicted molar refractivity (Wildman–Crippen MR) is 41.4 cm³/mol. The molecule has 0 nitrogen and oxygen atoms in total. The molecule has 0 saturated carbocycles. The SMILES string of the molecule is CCC(C(=S)S)C(F)(F)F. The summed E-state index contributed by atoms with van der Waals surface area (Å²) in [5, 5.41) is 0. The molecule has 1 unspecified atom stereocenters. The van der Waals surface area contributed by atoms with Crippen LogP contribution in [-0.2, 0) is 0 Å². The lowest BCUT2D eigenvalue weighted by Crippen LogP contribution is -2.26. The van der Waals surface area contributed by atoms with Crippen molar-refractivity contribution >= 4 is 29.0 Å². The van der Waals surface area contributed by atoms with E-state index in [-0.39, 0.29) is 10.6 Å². The second kappa shape index (κ2) is 3.57. The summed E-state index contributed by atoms with van der Waals surface area (Å²) in [6.45, 7) is 1.43. The van der Waals surface area contributed by atoms with Crippen molar-refractivity contribution in [3.05, 3.63) is 0 Å². The molecule has 0 aliphatic carbocycles. The zero-order valence-corrected chi connectivity index (χ0v) is 6.98. The average Bonchev–Trinajstić information content (AvgIpc) is 1.60. The number of rotatable bonds is 2. The van der Waals surface area contributed by atoms with E-state index < -0.39 is 12.1 Å². The second-order valence-electron chi connectivity index (χ2n) is 1.84. The van der Waals surface area contributed by atoms with Crippen LogP contribution in [0.1, 0.15) is 13.3 Å². The van der Waals surface area contributed by atoms with Gasteiger partial charge in [-0.05, 0) is 6.42 Å². The zero-order valence-electron chi connectivity index (χ0n) is 5.27. The van der Waals surface area contributed by atoms with Crippen LogP contribution in [0.15, 0.2) is 0 Å². The topological polar surface area (TPSA) is 0 Å². The van der Waals surface area contributed by atoms with Crippen molar-refractivity contribution in [1.82, 2.24) is 0 Å². The number of hydrogen-bond acceptors (Lipinski definition) is 1. The van der Waals surface area contributed by atoms with Crippen molar-refractivity contribution < 1.29 is 13.2 Å². The molecule has 0 aliphatic heterocycles. The molecule has 10 heavy (non-hydrogen) atoms. The van der Waals surface area contributed by atoms with E-state index in [2.05, 4.69) is 24.8 Å². The second-order valence-corrected chi connectivity index (χ2v) is 3.06. The molecule has 0 spiro atoms. The van der Waals surface area contributed by atoms with Gasteiger partial charge in [0.15, 0.2) is 0 Å². The van der Waals surface area contributed by atoms with Crippen LogP contribution in [0.3, 0.4) is 0 Å². The first-order chi connectivity index (χ1) is 4.39. The first kappa shape index (κ1) is 10.2. The lowest BCUT2D eigenvalue weighted by atomic mass is 10.1. The maximum Gasteiger partial charge on any atom is 0.397 e. The fraction of sp³-hybridized carbons (Fsp3) is 0.800. The van der Waals surface area contributed by atoms with E-state index in [0.29, 0.717) is 0 Å². The van der Waals surface area contributed by atoms with Gasteiger partial charge in [0.1, 0.15) is 0 Å². The van der Waals surface area contributed by atoms with Gasteiger partial charge >= 0.3 is 6.18 Å². The molecule has 0 radical (unpaired) electrons. The van der Waals surface area contributed by atoms with Crippen LogP contribution in [-0.4, -0.2) is 10.4 Å². The molecule has 0 heterocycles. The molecule has 0 aromatic carbocycles. The summed E-state index contributed by atoms with van der Waals surface area (Å²) < 4.78 is 35.2. The minimum atomic E-state index is -4.23. The minimum absolute atomic E-state index is 0.0359. The maximum atomic E-state index is 11.8. The summed E-state index contributed by atoms with van der Waals surface area (Å²) in [7, 11) is 0. The van der Waals surface area contributed by atoms with E-state index >= 15 is 0 Å². The number of thiol groups is 1. The number of hydrogen-bond donors (Lipinski definition) is 1. The van der Waals surface area contributed by atoms with Crippen LogP contribution in [0.5, 0.6) is 0 Å². The summed E-state index contributed by atoms with van der Waals surface area (Å²) in [5.74, 6) is -1.54. The molecular weight excluding hydrogens is 181 g/mol. The highest BCUT2D eigenvalue weighted by Crippen LogP contribution is 2.30. The van der Waals surface area contributed by atoms with E-state index in [1.807, 2.05) is 0 Å². The zero-order chi connectivity index (χ0) is 8.36. The Morgan fingerprint density at radius 2 is 2.00 bits per heavy atom. The lowest BCUT2D eigenvalue weighted by molar-refractivity contribution is -0.154. The Morgan fingerprint density at radius 3 is 2.00 bits per heavy atom. The largest absolute Gasteiger partial charge is 0.397 e. The Morgan fingerprint density at radius 1 is 1.60 bits per heavy atom.